The molecule has 2 heterocycles. The van der Waals surface area contributed by atoms with Crippen LogP contribution in [0, 0.1) is 0 Å². The number of furan rings is 1. The summed E-state index contributed by atoms with van der Waals surface area (Å²) < 4.78 is 6.64. The van der Waals surface area contributed by atoms with Crippen LogP contribution >= 0.6 is 27.5 Å². The molecule has 2 aromatic heterocycles. The normalized spacial score (nSPS) is 10.9. The minimum absolute atomic E-state index is 0.125. The lowest BCUT2D eigenvalue weighted by atomic mass is 10.2. The van der Waals surface area contributed by atoms with Crippen molar-refractivity contribution in [2.45, 2.75) is 0 Å². The quantitative estimate of drug-likeness (QED) is 0.395. The fourth-order valence-electron chi connectivity index (χ4n) is 1.99. The molecule has 0 unspecified atom stereocenters. The van der Waals surface area contributed by atoms with Crippen molar-refractivity contribution in [2.75, 3.05) is 0 Å². The van der Waals surface area contributed by atoms with Gasteiger partial charge in [-0.2, -0.15) is 5.10 Å². The van der Waals surface area contributed by atoms with Gasteiger partial charge in [-0.1, -0.05) is 39.7 Å². The van der Waals surface area contributed by atoms with Gasteiger partial charge in [-0.25, -0.2) is 10.4 Å². The first-order valence-electron chi connectivity index (χ1n) is 6.93. The van der Waals surface area contributed by atoms with E-state index in [9.17, 15) is 4.79 Å². The van der Waals surface area contributed by atoms with E-state index >= 15 is 0 Å². The summed E-state index contributed by atoms with van der Waals surface area (Å²) in [6, 6.07) is 14.6. The Morgan fingerprint density at radius 3 is 2.92 bits per heavy atom. The van der Waals surface area contributed by atoms with Gasteiger partial charge in [0.25, 0.3) is 5.91 Å². The number of amides is 1. The molecule has 0 aliphatic carbocycles. The minimum atomic E-state index is -0.442. The molecule has 120 valence electrons. The van der Waals surface area contributed by atoms with E-state index in [1.54, 1.807) is 18.2 Å². The molecule has 0 saturated carbocycles. The SMILES string of the molecule is O=C(NN=Cc1ccc(-c2cccc(Br)c2)o1)c1cccnc1Cl. The van der Waals surface area contributed by atoms with Gasteiger partial charge in [-0.15, -0.1) is 0 Å². The average molecular weight is 405 g/mol. The summed E-state index contributed by atoms with van der Waals surface area (Å²) in [5.74, 6) is 0.782. The third kappa shape index (κ3) is 3.90. The number of hydrogen-bond acceptors (Lipinski definition) is 4. The predicted molar refractivity (Wildman–Crippen MR) is 96.2 cm³/mol. The van der Waals surface area contributed by atoms with Crippen LogP contribution in [0.1, 0.15) is 16.1 Å². The third-order valence-electron chi connectivity index (χ3n) is 3.10. The highest BCUT2D eigenvalue weighted by atomic mass is 79.9. The van der Waals surface area contributed by atoms with Crippen molar-refractivity contribution in [1.82, 2.24) is 10.4 Å². The van der Waals surface area contributed by atoms with Crippen LogP contribution in [-0.4, -0.2) is 17.1 Å². The zero-order chi connectivity index (χ0) is 16.9. The van der Waals surface area contributed by atoms with Gasteiger partial charge in [0.15, 0.2) is 0 Å². The lowest BCUT2D eigenvalue weighted by molar-refractivity contribution is 0.0955. The van der Waals surface area contributed by atoms with Crippen molar-refractivity contribution in [3.8, 4) is 11.3 Å². The summed E-state index contributed by atoms with van der Waals surface area (Å²) in [4.78, 5) is 15.8. The van der Waals surface area contributed by atoms with Crippen LogP contribution in [0.4, 0.5) is 0 Å². The average Bonchev–Trinajstić information content (AvgIpc) is 3.04. The second kappa shape index (κ2) is 7.42. The fourth-order valence-corrected chi connectivity index (χ4v) is 2.59. The van der Waals surface area contributed by atoms with Crippen molar-refractivity contribution >= 4 is 39.7 Å². The molecule has 3 rings (SSSR count). The van der Waals surface area contributed by atoms with Crippen LogP contribution in [0.25, 0.3) is 11.3 Å². The third-order valence-corrected chi connectivity index (χ3v) is 3.89. The minimum Gasteiger partial charge on any atom is -0.455 e. The summed E-state index contributed by atoms with van der Waals surface area (Å²) in [6.07, 6.45) is 2.93. The fraction of sp³-hybridized carbons (Fsp3) is 0. The number of hydrogen-bond donors (Lipinski definition) is 1. The van der Waals surface area contributed by atoms with Crippen molar-refractivity contribution in [1.29, 1.82) is 0 Å². The van der Waals surface area contributed by atoms with Gasteiger partial charge < -0.3 is 4.42 Å². The van der Waals surface area contributed by atoms with E-state index < -0.39 is 5.91 Å². The number of carbonyl (C=O) groups is 1. The summed E-state index contributed by atoms with van der Waals surface area (Å²) >= 11 is 9.27. The molecule has 0 atom stereocenters. The van der Waals surface area contributed by atoms with E-state index in [1.165, 1.54) is 12.4 Å². The smallest absolute Gasteiger partial charge is 0.274 e. The number of benzene rings is 1. The highest BCUT2D eigenvalue weighted by Crippen LogP contribution is 2.24. The molecule has 0 bridgehead atoms. The number of carbonyl (C=O) groups excluding carboxylic acids is 1. The van der Waals surface area contributed by atoms with E-state index in [-0.39, 0.29) is 10.7 Å². The molecule has 0 saturated heterocycles. The van der Waals surface area contributed by atoms with E-state index in [0.29, 0.717) is 11.5 Å². The largest absolute Gasteiger partial charge is 0.455 e. The lowest BCUT2D eigenvalue weighted by Gasteiger charge is -2.00. The van der Waals surface area contributed by atoms with E-state index in [4.69, 9.17) is 16.0 Å². The maximum absolute atomic E-state index is 11.9. The van der Waals surface area contributed by atoms with Gasteiger partial charge in [0.05, 0.1) is 11.8 Å². The highest BCUT2D eigenvalue weighted by Gasteiger charge is 2.09. The second-order valence-electron chi connectivity index (χ2n) is 4.75. The van der Waals surface area contributed by atoms with Crippen LogP contribution in [0.5, 0.6) is 0 Å². The van der Waals surface area contributed by atoms with Crippen LogP contribution in [0.3, 0.4) is 0 Å². The molecule has 1 aromatic carbocycles. The number of halogens is 2. The Morgan fingerprint density at radius 2 is 2.12 bits per heavy atom. The van der Waals surface area contributed by atoms with Crippen LogP contribution in [-0.2, 0) is 0 Å². The number of pyridine rings is 1. The zero-order valence-electron chi connectivity index (χ0n) is 12.2. The topological polar surface area (TPSA) is 67.5 Å². The molecule has 7 heteroatoms. The standard InChI is InChI=1S/C17H11BrClN3O2/c18-12-4-1-3-11(9-12)15-7-6-13(24-15)10-21-22-17(23)14-5-2-8-20-16(14)19/h1-10H,(H,22,23). The number of aromatic nitrogens is 1. The van der Waals surface area contributed by atoms with Crippen molar-refractivity contribution < 1.29 is 9.21 Å². The van der Waals surface area contributed by atoms with Gasteiger partial charge in [0, 0.05) is 16.2 Å². The Morgan fingerprint density at radius 1 is 1.25 bits per heavy atom. The van der Waals surface area contributed by atoms with E-state index in [1.807, 2.05) is 30.3 Å². The molecular formula is C17H11BrClN3O2. The summed E-state index contributed by atoms with van der Waals surface area (Å²) in [6.45, 7) is 0. The molecule has 1 N–H and O–H groups in total. The first-order chi connectivity index (χ1) is 11.6. The van der Waals surface area contributed by atoms with Crippen LogP contribution in [0.15, 0.2) is 68.7 Å². The first kappa shape index (κ1) is 16.4. The van der Waals surface area contributed by atoms with Gasteiger partial charge in [-0.05, 0) is 36.4 Å². The monoisotopic (exact) mass is 403 g/mol. The van der Waals surface area contributed by atoms with Gasteiger partial charge in [-0.3, -0.25) is 4.79 Å². The predicted octanol–water partition coefficient (Wildman–Crippen LogP) is 4.52. The number of nitrogens with zero attached hydrogens (tertiary/aromatic N) is 2. The summed E-state index contributed by atoms with van der Waals surface area (Å²) in [5.41, 5.74) is 3.58. The van der Waals surface area contributed by atoms with Crippen molar-refractivity contribution in [2.24, 2.45) is 5.10 Å². The van der Waals surface area contributed by atoms with Gasteiger partial charge in [0.1, 0.15) is 16.7 Å². The van der Waals surface area contributed by atoms with Crippen LogP contribution in [0.2, 0.25) is 5.15 Å². The Kier molecular flexibility index (Phi) is 5.08. The van der Waals surface area contributed by atoms with Gasteiger partial charge >= 0.3 is 0 Å². The molecule has 0 aliphatic rings. The molecule has 0 aliphatic heterocycles. The molecular weight excluding hydrogens is 394 g/mol. The zero-order valence-corrected chi connectivity index (χ0v) is 14.6. The molecule has 24 heavy (non-hydrogen) atoms. The number of hydrazone groups is 1. The van der Waals surface area contributed by atoms with Gasteiger partial charge in [0.2, 0.25) is 0 Å². The second-order valence-corrected chi connectivity index (χ2v) is 6.03. The van der Waals surface area contributed by atoms with Crippen molar-refractivity contribution in [3.63, 3.8) is 0 Å². The molecule has 0 radical (unpaired) electrons. The molecule has 1 amide bonds. The van der Waals surface area contributed by atoms with E-state index in [0.717, 1.165) is 10.0 Å². The lowest BCUT2D eigenvalue weighted by Crippen LogP contribution is -2.18. The molecule has 5 nitrogen and oxygen atoms in total. The Bertz CT molecular complexity index is 908. The molecule has 0 fully saturated rings. The number of nitrogens with one attached hydrogen (secondary N) is 1. The highest BCUT2D eigenvalue weighted by molar-refractivity contribution is 9.10. The Labute approximate surface area is 151 Å². The van der Waals surface area contributed by atoms with Crippen molar-refractivity contribution in [3.05, 3.63) is 75.7 Å². The Balaban J connectivity index is 1.68. The van der Waals surface area contributed by atoms with E-state index in [2.05, 4.69) is 31.4 Å². The van der Waals surface area contributed by atoms with Crippen LogP contribution < -0.4 is 5.43 Å². The first-order valence-corrected chi connectivity index (χ1v) is 8.10. The number of rotatable bonds is 4. The summed E-state index contributed by atoms with van der Waals surface area (Å²) in [7, 11) is 0. The summed E-state index contributed by atoms with van der Waals surface area (Å²) in [5, 5.41) is 3.99. The molecule has 0 spiro atoms. The maximum Gasteiger partial charge on any atom is 0.274 e. The Hall–Kier alpha value is -2.44. The molecule has 3 aromatic rings. The maximum atomic E-state index is 11.9.